The fraction of sp³-hybridized carbons (Fsp3) is 0.263. The summed E-state index contributed by atoms with van der Waals surface area (Å²) in [5, 5.41) is 1.07. The average Bonchev–Trinajstić information content (AvgIpc) is 3.10. The van der Waals surface area contributed by atoms with Crippen molar-refractivity contribution in [3.8, 4) is 0 Å². The number of H-pyrrole nitrogens is 1. The number of aryl methyl sites for hydroxylation is 1. The SMILES string of the molecule is CC1(c2c[nH]c3c(NS(C)(=O)=O)cccc23)CCc2ccccc21. The third-order valence-electron chi connectivity index (χ3n) is 5.11. The van der Waals surface area contributed by atoms with Crippen molar-refractivity contribution in [2.75, 3.05) is 11.0 Å². The van der Waals surface area contributed by atoms with Crippen LogP contribution in [-0.4, -0.2) is 19.7 Å². The van der Waals surface area contributed by atoms with Crippen molar-refractivity contribution in [2.45, 2.75) is 25.2 Å². The molecule has 1 atom stereocenters. The molecule has 3 aromatic rings. The van der Waals surface area contributed by atoms with Gasteiger partial charge in [0.15, 0.2) is 0 Å². The fourth-order valence-electron chi connectivity index (χ4n) is 3.97. The van der Waals surface area contributed by atoms with Crippen LogP contribution in [-0.2, 0) is 21.9 Å². The van der Waals surface area contributed by atoms with Gasteiger partial charge in [0, 0.05) is 17.0 Å². The minimum Gasteiger partial charge on any atom is -0.359 e. The van der Waals surface area contributed by atoms with Gasteiger partial charge >= 0.3 is 0 Å². The molecule has 1 aliphatic rings. The molecule has 0 fully saturated rings. The Balaban J connectivity index is 1.89. The van der Waals surface area contributed by atoms with E-state index < -0.39 is 10.0 Å². The fourth-order valence-corrected chi connectivity index (χ4v) is 4.54. The number of sulfonamides is 1. The van der Waals surface area contributed by atoms with Crippen LogP contribution in [0.3, 0.4) is 0 Å². The molecule has 1 aromatic heterocycles. The first kappa shape index (κ1) is 15.3. The van der Waals surface area contributed by atoms with E-state index in [2.05, 4.69) is 47.0 Å². The van der Waals surface area contributed by atoms with Gasteiger partial charge in [0.25, 0.3) is 0 Å². The number of rotatable bonds is 3. The Morgan fingerprint density at radius 3 is 2.67 bits per heavy atom. The maximum Gasteiger partial charge on any atom is 0.229 e. The quantitative estimate of drug-likeness (QED) is 0.762. The third kappa shape index (κ3) is 2.31. The van der Waals surface area contributed by atoms with E-state index in [4.69, 9.17) is 0 Å². The predicted octanol–water partition coefficient (Wildman–Crippen LogP) is 3.79. The Bertz CT molecular complexity index is 1040. The van der Waals surface area contributed by atoms with E-state index in [1.54, 1.807) is 6.07 Å². The van der Waals surface area contributed by atoms with E-state index in [-0.39, 0.29) is 5.41 Å². The van der Waals surface area contributed by atoms with Gasteiger partial charge in [0.1, 0.15) is 0 Å². The van der Waals surface area contributed by atoms with E-state index in [9.17, 15) is 8.42 Å². The van der Waals surface area contributed by atoms with Crippen LogP contribution in [0.4, 0.5) is 5.69 Å². The number of aromatic nitrogens is 1. The van der Waals surface area contributed by atoms with E-state index in [1.807, 2.05) is 12.3 Å². The molecule has 0 amide bonds. The molecule has 0 aliphatic heterocycles. The third-order valence-corrected chi connectivity index (χ3v) is 5.70. The number of aromatic amines is 1. The summed E-state index contributed by atoms with van der Waals surface area (Å²) in [5.41, 5.74) is 5.37. The molecule has 0 bridgehead atoms. The van der Waals surface area contributed by atoms with Gasteiger partial charge < -0.3 is 4.98 Å². The first-order valence-electron chi connectivity index (χ1n) is 8.05. The van der Waals surface area contributed by atoms with E-state index in [0.717, 1.165) is 23.7 Å². The van der Waals surface area contributed by atoms with Crippen molar-refractivity contribution in [1.82, 2.24) is 4.98 Å². The molecular formula is C19H20N2O2S. The second-order valence-corrected chi connectivity index (χ2v) is 8.54. The zero-order chi connectivity index (χ0) is 16.9. The average molecular weight is 340 g/mol. The van der Waals surface area contributed by atoms with Gasteiger partial charge in [0.05, 0.1) is 17.5 Å². The minimum absolute atomic E-state index is 0.0570. The monoisotopic (exact) mass is 340 g/mol. The zero-order valence-electron chi connectivity index (χ0n) is 13.8. The number of anilines is 1. The number of benzene rings is 2. The van der Waals surface area contributed by atoms with Crippen molar-refractivity contribution in [2.24, 2.45) is 0 Å². The van der Waals surface area contributed by atoms with Gasteiger partial charge in [0.2, 0.25) is 10.0 Å². The van der Waals surface area contributed by atoms with Gasteiger partial charge in [-0.2, -0.15) is 0 Å². The van der Waals surface area contributed by atoms with Crippen molar-refractivity contribution in [1.29, 1.82) is 0 Å². The number of hydrogen-bond donors (Lipinski definition) is 2. The number of nitrogens with one attached hydrogen (secondary N) is 2. The Morgan fingerprint density at radius 2 is 1.88 bits per heavy atom. The van der Waals surface area contributed by atoms with Gasteiger partial charge in [-0.25, -0.2) is 8.42 Å². The van der Waals surface area contributed by atoms with Crippen LogP contribution in [0, 0.1) is 0 Å². The molecule has 4 rings (SSSR count). The molecule has 4 nitrogen and oxygen atoms in total. The van der Waals surface area contributed by atoms with Crippen molar-refractivity contribution in [3.05, 3.63) is 65.4 Å². The summed E-state index contributed by atoms with van der Waals surface area (Å²) < 4.78 is 25.8. The Hall–Kier alpha value is -2.27. The molecule has 2 N–H and O–H groups in total. The zero-order valence-corrected chi connectivity index (χ0v) is 14.6. The molecule has 0 saturated heterocycles. The normalized spacial score (nSPS) is 20.2. The minimum atomic E-state index is -3.31. The van der Waals surface area contributed by atoms with Crippen molar-refractivity contribution >= 4 is 26.6 Å². The highest BCUT2D eigenvalue weighted by molar-refractivity contribution is 7.92. The maximum atomic E-state index is 11.6. The molecule has 0 spiro atoms. The van der Waals surface area contributed by atoms with Gasteiger partial charge in [-0.05, 0) is 35.6 Å². The molecule has 1 unspecified atom stereocenters. The highest BCUT2D eigenvalue weighted by Gasteiger charge is 2.37. The molecule has 5 heteroatoms. The van der Waals surface area contributed by atoms with Crippen LogP contribution in [0.5, 0.6) is 0 Å². The molecule has 1 aliphatic carbocycles. The van der Waals surface area contributed by atoms with E-state index in [1.165, 1.54) is 22.9 Å². The first-order valence-corrected chi connectivity index (χ1v) is 9.94. The summed E-state index contributed by atoms with van der Waals surface area (Å²) in [4.78, 5) is 3.29. The molecule has 1 heterocycles. The highest BCUT2D eigenvalue weighted by Crippen LogP contribution is 2.46. The van der Waals surface area contributed by atoms with Crippen LogP contribution in [0.2, 0.25) is 0 Å². The lowest BCUT2D eigenvalue weighted by Crippen LogP contribution is -2.19. The highest BCUT2D eigenvalue weighted by atomic mass is 32.2. The molecule has 0 saturated carbocycles. The van der Waals surface area contributed by atoms with Gasteiger partial charge in [-0.15, -0.1) is 0 Å². The topological polar surface area (TPSA) is 62.0 Å². The molecule has 24 heavy (non-hydrogen) atoms. The summed E-state index contributed by atoms with van der Waals surface area (Å²) in [6.45, 7) is 2.28. The van der Waals surface area contributed by atoms with Crippen LogP contribution < -0.4 is 4.72 Å². The lowest BCUT2D eigenvalue weighted by atomic mass is 9.77. The van der Waals surface area contributed by atoms with Crippen LogP contribution in [0.25, 0.3) is 10.9 Å². The van der Waals surface area contributed by atoms with Crippen molar-refractivity contribution < 1.29 is 8.42 Å². The molecular weight excluding hydrogens is 320 g/mol. The van der Waals surface area contributed by atoms with Gasteiger partial charge in [-0.3, -0.25) is 4.72 Å². The Labute approximate surface area is 142 Å². The Kier molecular flexibility index (Phi) is 3.25. The standard InChI is InChI=1S/C19H20N2O2S/c1-19(11-10-13-6-3-4-8-15(13)19)16-12-20-18-14(16)7-5-9-17(18)21-24(2,22)23/h3-9,12,20-21H,10-11H2,1-2H3. The summed E-state index contributed by atoms with van der Waals surface area (Å²) >= 11 is 0. The lowest BCUT2D eigenvalue weighted by Gasteiger charge is -2.25. The first-order chi connectivity index (χ1) is 11.4. The summed E-state index contributed by atoms with van der Waals surface area (Å²) in [6.07, 6.45) is 5.33. The predicted molar refractivity (Wildman–Crippen MR) is 98.0 cm³/mol. The second-order valence-electron chi connectivity index (χ2n) is 6.79. The van der Waals surface area contributed by atoms with Crippen LogP contribution >= 0.6 is 0 Å². The molecule has 124 valence electrons. The largest absolute Gasteiger partial charge is 0.359 e. The molecule has 0 radical (unpaired) electrons. The summed E-state index contributed by atoms with van der Waals surface area (Å²) in [6, 6.07) is 14.3. The lowest BCUT2D eigenvalue weighted by molar-refractivity contribution is 0.571. The smallest absolute Gasteiger partial charge is 0.229 e. The number of para-hydroxylation sites is 1. The number of fused-ring (bicyclic) bond motifs is 2. The van der Waals surface area contributed by atoms with Gasteiger partial charge in [-0.1, -0.05) is 43.3 Å². The Morgan fingerprint density at radius 1 is 1.08 bits per heavy atom. The van der Waals surface area contributed by atoms with E-state index >= 15 is 0 Å². The summed E-state index contributed by atoms with van der Waals surface area (Å²) in [5.74, 6) is 0. The van der Waals surface area contributed by atoms with Crippen molar-refractivity contribution in [3.63, 3.8) is 0 Å². The maximum absolute atomic E-state index is 11.6. The van der Waals surface area contributed by atoms with Crippen LogP contribution in [0.1, 0.15) is 30.0 Å². The second kappa shape index (κ2) is 5.11. The summed E-state index contributed by atoms with van der Waals surface area (Å²) in [7, 11) is -3.31. The van der Waals surface area contributed by atoms with E-state index in [0.29, 0.717) is 5.69 Å². The molecule has 2 aromatic carbocycles. The van der Waals surface area contributed by atoms with Crippen LogP contribution in [0.15, 0.2) is 48.7 Å². The number of hydrogen-bond acceptors (Lipinski definition) is 2.